The molecule has 0 aromatic heterocycles. The number of nitrogens with one attached hydrogen (secondary N) is 2. The maximum Gasteiger partial charge on any atom is 0.315 e. The average molecular weight is 190 g/mol. The first-order valence-electron chi connectivity index (χ1n) is 4.25. The lowest BCUT2D eigenvalue weighted by molar-refractivity contribution is 0.00479. The first-order valence-corrected chi connectivity index (χ1v) is 4.25. The van der Waals surface area contributed by atoms with Gasteiger partial charge in [-0.15, -0.1) is 0 Å². The Hall–Kier alpha value is -0.810. The zero-order valence-electron chi connectivity index (χ0n) is 8.29. The second-order valence-corrected chi connectivity index (χ2v) is 3.64. The Bertz CT molecular complexity index is 169. The number of amides is 2. The molecule has 0 aromatic rings. The van der Waals surface area contributed by atoms with E-state index >= 15 is 0 Å². The Balaban J connectivity index is 3.70. The Morgan fingerprint density at radius 3 is 2.46 bits per heavy atom. The molecule has 0 fully saturated rings. The highest BCUT2D eigenvalue weighted by molar-refractivity contribution is 5.74. The maximum atomic E-state index is 11.0. The Kier molecular flexibility index (Phi) is 4.72. The van der Waals surface area contributed by atoms with Gasteiger partial charge in [-0.25, -0.2) is 4.79 Å². The van der Waals surface area contributed by atoms with Crippen LogP contribution in [0.25, 0.3) is 0 Å². The topological polar surface area (TPSA) is 81.6 Å². The summed E-state index contributed by atoms with van der Waals surface area (Å²) in [5, 5.41) is 23.0. The fraction of sp³-hybridized carbons (Fsp3) is 0.875. The molecule has 0 aromatic carbocycles. The van der Waals surface area contributed by atoms with Gasteiger partial charge in [-0.1, -0.05) is 0 Å². The molecular formula is C8H18N2O3. The van der Waals surface area contributed by atoms with Gasteiger partial charge in [0, 0.05) is 6.04 Å². The number of hydrogen-bond acceptors (Lipinski definition) is 3. The van der Waals surface area contributed by atoms with E-state index in [9.17, 15) is 9.90 Å². The summed E-state index contributed by atoms with van der Waals surface area (Å²) in [5.41, 5.74) is -1.26. The van der Waals surface area contributed by atoms with Gasteiger partial charge in [-0.2, -0.15) is 0 Å². The van der Waals surface area contributed by atoms with Crippen molar-refractivity contribution in [1.82, 2.24) is 10.6 Å². The lowest BCUT2D eigenvalue weighted by atomic mass is 10.1. The molecule has 78 valence electrons. The van der Waals surface area contributed by atoms with E-state index in [1.54, 1.807) is 0 Å². The molecule has 4 N–H and O–H groups in total. The number of urea groups is 1. The van der Waals surface area contributed by atoms with Crippen molar-refractivity contribution in [1.29, 1.82) is 0 Å². The van der Waals surface area contributed by atoms with Crippen molar-refractivity contribution in [2.24, 2.45) is 0 Å². The summed E-state index contributed by atoms with van der Waals surface area (Å²) in [4.78, 5) is 11.0. The van der Waals surface area contributed by atoms with E-state index in [1.165, 1.54) is 6.92 Å². The van der Waals surface area contributed by atoms with Crippen LogP contribution in [-0.2, 0) is 0 Å². The van der Waals surface area contributed by atoms with Crippen LogP contribution in [0.1, 0.15) is 20.8 Å². The van der Waals surface area contributed by atoms with Crippen molar-refractivity contribution >= 4 is 6.03 Å². The van der Waals surface area contributed by atoms with Crippen molar-refractivity contribution in [3.05, 3.63) is 0 Å². The molecule has 0 rings (SSSR count). The van der Waals surface area contributed by atoms with Gasteiger partial charge in [-0.05, 0) is 20.8 Å². The van der Waals surface area contributed by atoms with Gasteiger partial charge < -0.3 is 20.8 Å². The second-order valence-electron chi connectivity index (χ2n) is 3.64. The van der Waals surface area contributed by atoms with Crippen molar-refractivity contribution in [3.63, 3.8) is 0 Å². The van der Waals surface area contributed by atoms with E-state index < -0.39 is 5.60 Å². The number of aliphatic hydroxyl groups excluding tert-OH is 1. The number of carbonyl (C=O) groups is 1. The first kappa shape index (κ1) is 12.2. The van der Waals surface area contributed by atoms with Crippen molar-refractivity contribution in [3.8, 4) is 0 Å². The number of aliphatic hydroxyl groups is 2. The first-order chi connectivity index (χ1) is 5.87. The van der Waals surface area contributed by atoms with Crippen LogP contribution >= 0.6 is 0 Å². The Morgan fingerprint density at radius 2 is 2.08 bits per heavy atom. The van der Waals surface area contributed by atoms with Crippen LogP contribution in [0.4, 0.5) is 4.79 Å². The minimum atomic E-state index is -1.26. The molecule has 1 unspecified atom stereocenters. The monoisotopic (exact) mass is 190 g/mol. The standard InChI is InChI=1S/C8H18N2O3/c1-6(2)10-7(12)9-4-8(3,13)5-11/h6,11,13H,4-5H2,1-3H3,(H2,9,10,12). The van der Waals surface area contributed by atoms with Gasteiger partial charge >= 0.3 is 6.03 Å². The summed E-state index contributed by atoms with van der Waals surface area (Å²) < 4.78 is 0. The van der Waals surface area contributed by atoms with Gasteiger partial charge in [-0.3, -0.25) is 0 Å². The lowest BCUT2D eigenvalue weighted by Gasteiger charge is -2.21. The van der Waals surface area contributed by atoms with Gasteiger partial charge in [0.05, 0.1) is 13.2 Å². The maximum absolute atomic E-state index is 11.0. The second kappa shape index (κ2) is 5.04. The average Bonchev–Trinajstić information content (AvgIpc) is 2.00. The van der Waals surface area contributed by atoms with Gasteiger partial charge in [0.2, 0.25) is 0 Å². The van der Waals surface area contributed by atoms with E-state index in [0.29, 0.717) is 0 Å². The van der Waals surface area contributed by atoms with Crippen LogP contribution in [0.15, 0.2) is 0 Å². The normalized spacial score (nSPS) is 15.2. The highest BCUT2D eigenvalue weighted by Gasteiger charge is 2.19. The van der Waals surface area contributed by atoms with E-state index in [-0.39, 0.29) is 25.2 Å². The molecule has 0 aliphatic carbocycles. The van der Waals surface area contributed by atoms with Gasteiger partial charge in [0.15, 0.2) is 0 Å². The largest absolute Gasteiger partial charge is 0.393 e. The van der Waals surface area contributed by atoms with Gasteiger partial charge in [0.25, 0.3) is 0 Å². The Morgan fingerprint density at radius 1 is 1.54 bits per heavy atom. The SMILES string of the molecule is CC(C)NC(=O)NCC(C)(O)CO. The molecule has 0 spiro atoms. The third-order valence-electron chi connectivity index (χ3n) is 1.39. The third kappa shape index (κ3) is 6.36. The molecule has 0 saturated heterocycles. The summed E-state index contributed by atoms with van der Waals surface area (Å²) in [6.45, 7) is 4.77. The number of rotatable bonds is 4. The summed E-state index contributed by atoms with van der Waals surface area (Å²) in [6.07, 6.45) is 0. The Labute approximate surface area is 78.1 Å². The summed E-state index contributed by atoms with van der Waals surface area (Å²) in [6, 6.07) is -0.289. The van der Waals surface area contributed by atoms with E-state index in [1.807, 2.05) is 13.8 Å². The fourth-order valence-electron chi connectivity index (χ4n) is 0.640. The summed E-state index contributed by atoms with van der Waals surface area (Å²) in [7, 11) is 0. The molecule has 2 amide bonds. The number of hydrogen-bond donors (Lipinski definition) is 4. The van der Waals surface area contributed by atoms with Crippen LogP contribution < -0.4 is 10.6 Å². The summed E-state index contributed by atoms with van der Waals surface area (Å²) >= 11 is 0. The van der Waals surface area contributed by atoms with E-state index in [2.05, 4.69) is 10.6 Å². The zero-order chi connectivity index (χ0) is 10.5. The van der Waals surface area contributed by atoms with Crippen molar-refractivity contribution in [2.45, 2.75) is 32.4 Å². The molecular weight excluding hydrogens is 172 g/mol. The van der Waals surface area contributed by atoms with Crippen LogP contribution in [0.3, 0.4) is 0 Å². The van der Waals surface area contributed by atoms with Crippen molar-refractivity contribution < 1.29 is 15.0 Å². The molecule has 13 heavy (non-hydrogen) atoms. The van der Waals surface area contributed by atoms with Gasteiger partial charge in [0.1, 0.15) is 5.60 Å². The number of carbonyl (C=O) groups excluding carboxylic acids is 1. The highest BCUT2D eigenvalue weighted by Crippen LogP contribution is 1.97. The lowest BCUT2D eigenvalue weighted by Crippen LogP contribution is -2.48. The zero-order valence-corrected chi connectivity index (χ0v) is 8.29. The predicted octanol–water partition coefficient (Wildman–Crippen LogP) is -0.563. The molecule has 5 heteroatoms. The van der Waals surface area contributed by atoms with Crippen LogP contribution in [0.5, 0.6) is 0 Å². The third-order valence-corrected chi connectivity index (χ3v) is 1.39. The highest BCUT2D eigenvalue weighted by atomic mass is 16.3. The molecule has 5 nitrogen and oxygen atoms in total. The van der Waals surface area contributed by atoms with E-state index in [4.69, 9.17) is 5.11 Å². The molecule has 0 bridgehead atoms. The fourth-order valence-corrected chi connectivity index (χ4v) is 0.640. The van der Waals surface area contributed by atoms with Crippen LogP contribution in [0, 0.1) is 0 Å². The summed E-state index contributed by atoms with van der Waals surface area (Å²) in [5.74, 6) is 0. The quantitative estimate of drug-likeness (QED) is 0.479. The molecule has 0 radical (unpaired) electrons. The molecule has 0 saturated carbocycles. The smallest absolute Gasteiger partial charge is 0.315 e. The minimum absolute atomic E-state index is 0.0298. The molecule has 0 aliphatic heterocycles. The minimum Gasteiger partial charge on any atom is -0.393 e. The molecule has 0 aliphatic rings. The van der Waals surface area contributed by atoms with Crippen LogP contribution in [-0.4, -0.2) is 41.0 Å². The predicted molar refractivity (Wildman–Crippen MR) is 49.4 cm³/mol. The van der Waals surface area contributed by atoms with Crippen molar-refractivity contribution in [2.75, 3.05) is 13.2 Å². The molecule has 1 atom stereocenters. The molecule has 0 heterocycles. The van der Waals surface area contributed by atoms with Crippen LogP contribution in [0.2, 0.25) is 0 Å². The van der Waals surface area contributed by atoms with E-state index in [0.717, 1.165) is 0 Å².